The lowest BCUT2D eigenvalue weighted by atomic mass is 10.1. The predicted octanol–water partition coefficient (Wildman–Crippen LogP) is 2.65. The van der Waals surface area contributed by atoms with Crippen molar-refractivity contribution < 1.29 is 9.53 Å². The molecule has 1 aromatic rings. The standard InChI is InChI=1S/C11H14BrNO2/c1-7(13-8(2)14)9-4-5-11(15-3)10(12)6-9/h4-7H,1-3H3,(H,13,14). The van der Waals surface area contributed by atoms with E-state index in [4.69, 9.17) is 4.74 Å². The number of halogens is 1. The van der Waals surface area contributed by atoms with E-state index < -0.39 is 0 Å². The maximum atomic E-state index is 10.9. The molecule has 0 saturated carbocycles. The first-order chi connectivity index (χ1) is 7.04. The fourth-order valence-corrected chi connectivity index (χ4v) is 1.90. The number of ether oxygens (including phenoxy) is 1. The molecule has 1 aromatic carbocycles. The van der Waals surface area contributed by atoms with E-state index in [2.05, 4.69) is 21.2 Å². The van der Waals surface area contributed by atoms with Crippen molar-refractivity contribution in [1.82, 2.24) is 5.32 Å². The van der Waals surface area contributed by atoms with Gasteiger partial charge in [-0.2, -0.15) is 0 Å². The number of carbonyl (C=O) groups is 1. The van der Waals surface area contributed by atoms with Gasteiger partial charge in [-0.25, -0.2) is 0 Å². The second-order valence-electron chi connectivity index (χ2n) is 3.32. The average Bonchev–Trinajstić information content (AvgIpc) is 2.16. The van der Waals surface area contributed by atoms with Crippen molar-refractivity contribution in [1.29, 1.82) is 0 Å². The van der Waals surface area contributed by atoms with Gasteiger partial charge in [-0.05, 0) is 40.5 Å². The zero-order valence-corrected chi connectivity index (χ0v) is 10.6. The van der Waals surface area contributed by atoms with Crippen molar-refractivity contribution in [3.05, 3.63) is 28.2 Å². The first kappa shape index (κ1) is 12.0. The van der Waals surface area contributed by atoms with Gasteiger partial charge in [0.25, 0.3) is 0 Å². The van der Waals surface area contributed by atoms with Crippen molar-refractivity contribution in [2.75, 3.05) is 7.11 Å². The van der Waals surface area contributed by atoms with Crippen molar-refractivity contribution in [2.45, 2.75) is 19.9 Å². The summed E-state index contributed by atoms with van der Waals surface area (Å²) in [5.41, 5.74) is 1.04. The molecule has 0 saturated heterocycles. The van der Waals surface area contributed by atoms with Crippen LogP contribution in [-0.2, 0) is 4.79 Å². The third-order valence-corrected chi connectivity index (χ3v) is 2.72. The van der Waals surface area contributed by atoms with Gasteiger partial charge in [0, 0.05) is 6.92 Å². The van der Waals surface area contributed by atoms with E-state index in [-0.39, 0.29) is 11.9 Å². The van der Waals surface area contributed by atoms with E-state index in [1.807, 2.05) is 25.1 Å². The van der Waals surface area contributed by atoms with Gasteiger partial charge in [0.1, 0.15) is 5.75 Å². The number of methoxy groups -OCH3 is 1. The van der Waals surface area contributed by atoms with E-state index in [1.165, 1.54) is 6.92 Å². The number of hydrogen-bond donors (Lipinski definition) is 1. The summed E-state index contributed by atoms with van der Waals surface area (Å²) < 4.78 is 6.02. The SMILES string of the molecule is COc1ccc(C(C)NC(C)=O)cc1Br. The number of nitrogens with one attached hydrogen (secondary N) is 1. The Morgan fingerprint density at radius 1 is 1.53 bits per heavy atom. The highest BCUT2D eigenvalue weighted by Gasteiger charge is 2.08. The van der Waals surface area contributed by atoms with Crippen LogP contribution in [0.3, 0.4) is 0 Å². The van der Waals surface area contributed by atoms with Crippen LogP contribution in [0.15, 0.2) is 22.7 Å². The molecule has 4 heteroatoms. The zero-order chi connectivity index (χ0) is 11.4. The minimum Gasteiger partial charge on any atom is -0.496 e. The average molecular weight is 272 g/mol. The quantitative estimate of drug-likeness (QED) is 0.918. The maximum absolute atomic E-state index is 10.9. The summed E-state index contributed by atoms with van der Waals surface area (Å²) in [7, 11) is 1.62. The molecular formula is C11H14BrNO2. The molecule has 0 aliphatic rings. The molecule has 82 valence electrons. The minimum absolute atomic E-state index is 0.00436. The highest BCUT2D eigenvalue weighted by atomic mass is 79.9. The Morgan fingerprint density at radius 2 is 2.20 bits per heavy atom. The van der Waals surface area contributed by atoms with Crippen molar-refractivity contribution in [2.24, 2.45) is 0 Å². The molecular weight excluding hydrogens is 258 g/mol. The van der Waals surface area contributed by atoms with Crippen molar-refractivity contribution in [3.8, 4) is 5.75 Å². The largest absolute Gasteiger partial charge is 0.496 e. The maximum Gasteiger partial charge on any atom is 0.217 e. The summed E-state index contributed by atoms with van der Waals surface area (Å²) in [6, 6.07) is 5.76. The molecule has 1 N–H and O–H groups in total. The molecule has 0 heterocycles. The van der Waals surface area contributed by atoms with Gasteiger partial charge in [-0.3, -0.25) is 4.79 Å². The van der Waals surface area contributed by atoms with Gasteiger partial charge in [-0.1, -0.05) is 6.07 Å². The van der Waals surface area contributed by atoms with E-state index in [0.717, 1.165) is 15.8 Å². The van der Waals surface area contributed by atoms with Crippen LogP contribution in [0.25, 0.3) is 0 Å². The lowest BCUT2D eigenvalue weighted by Gasteiger charge is -2.14. The summed E-state index contributed by atoms with van der Waals surface area (Å²) in [5, 5.41) is 2.82. The summed E-state index contributed by atoms with van der Waals surface area (Å²) in [6.07, 6.45) is 0. The molecule has 0 aromatic heterocycles. The summed E-state index contributed by atoms with van der Waals surface area (Å²) in [5.74, 6) is 0.753. The lowest BCUT2D eigenvalue weighted by molar-refractivity contribution is -0.119. The van der Waals surface area contributed by atoms with Gasteiger partial charge >= 0.3 is 0 Å². The molecule has 0 aliphatic carbocycles. The summed E-state index contributed by atoms with van der Waals surface area (Å²) >= 11 is 3.40. The molecule has 15 heavy (non-hydrogen) atoms. The topological polar surface area (TPSA) is 38.3 Å². The number of rotatable bonds is 3. The first-order valence-corrected chi connectivity index (χ1v) is 5.44. The predicted molar refractivity (Wildman–Crippen MR) is 62.9 cm³/mol. The van der Waals surface area contributed by atoms with E-state index in [0.29, 0.717) is 0 Å². The Labute approximate surface area is 97.9 Å². The van der Waals surface area contributed by atoms with E-state index in [1.54, 1.807) is 7.11 Å². The van der Waals surface area contributed by atoms with Crippen LogP contribution in [0.4, 0.5) is 0 Å². The fourth-order valence-electron chi connectivity index (χ4n) is 1.34. The van der Waals surface area contributed by atoms with Gasteiger partial charge in [0.15, 0.2) is 0 Å². The third-order valence-electron chi connectivity index (χ3n) is 2.10. The Morgan fingerprint density at radius 3 is 2.67 bits per heavy atom. The highest BCUT2D eigenvalue weighted by Crippen LogP contribution is 2.27. The monoisotopic (exact) mass is 271 g/mol. The lowest BCUT2D eigenvalue weighted by Crippen LogP contribution is -2.23. The molecule has 0 spiro atoms. The van der Waals surface area contributed by atoms with Crippen LogP contribution in [0.1, 0.15) is 25.5 Å². The number of carbonyl (C=O) groups excluding carboxylic acids is 1. The molecule has 0 bridgehead atoms. The van der Waals surface area contributed by atoms with E-state index in [9.17, 15) is 4.79 Å². The van der Waals surface area contributed by atoms with Crippen molar-refractivity contribution in [3.63, 3.8) is 0 Å². The molecule has 0 radical (unpaired) electrons. The molecule has 0 aliphatic heterocycles. The second-order valence-corrected chi connectivity index (χ2v) is 4.17. The van der Waals surface area contributed by atoms with Gasteiger partial charge in [-0.15, -0.1) is 0 Å². The molecule has 1 atom stereocenters. The number of benzene rings is 1. The number of amides is 1. The Hall–Kier alpha value is -1.03. The second kappa shape index (κ2) is 5.16. The summed E-state index contributed by atoms with van der Waals surface area (Å²) in [4.78, 5) is 10.9. The van der Waals surface area contributed by atoms with Gasteiger partial charge in [0.05, 0.1) is 17.6 Å². The van der Waals surface area contributed by atoms with Crippen LogP contribution in [0, 0.1) is 0 Å². The fraction of sp³-hybridized carbons (Fsp3) is 0.364. The molecule has 1 unspecified atom stereocenters. The van der Waals surface area contributed by atoms with Crippen LogP contribution in [0.5, 0.6) is 5.75 Å². The normalized spacial score (nSPS) is 12.0. The minimum atomic E-state index is -0.0329. The Kier molecular flexibility index (Phi) is 4.15. The Bertz CT molecular complexity index is 366. The zero-order valence-electron chi connectivity index (χ0n) is 9.00. The molecule has 3 nitrogen and oxygen atoms in total. The molecule has 1 amide bonds. The Balaban J connectivity index is 2.87. The van der Waals surface area contributed by atoms with Crippen LogP contribution in [0.2, 0.25) is 0 Å². The molecule has 1 rings (SSSR count). The van der Waals surface area contributed by atoms with Gasteiger partial charge in [0.2, 0.25) is 5.91 Å². The van der Waals surface area contributed by atoms with Crippen LogP contribution in [-0.4, -0.2) is 13.0 Å². The van der Waals surface area contributed by atoms with Crippen molar-refractivity contribution >= 4 is 21.8 Å². The number of hydrogen-bond acceptors (Lipinski definition) is 2. The smallest absolute Gasteiger partial charge is 0.217 e. The van der Waals surface area contributed by atoms with Crippen LogP contribution >= 0.6 is 15.9 Å². The highest BCUT2D eigenvalue weighted by molar-refractivity contribution is 9.10. The third kappa shape index (κ3) is 3.23. The first-order valence-electron chi connectivity index (χ1n) is 4.65. The van der Waals surface area contributed by atoms with Gasteiger partial charge < -0.3 is 10.1 Å². The molecule has 0 fully saturated rings. The van der Waals surface area contributed by atoms with Crippen LogP contribution < -0.4 is 10.1 Å². The van der Waals surface area contributed by atoms with E-state index >= 15 is 0 Å². The summed E-state index contributed by atoms with van der Waals surface area (Å²) in [6.45, 7) is 3.45.